The molecule has 5 nitrogen and oxygen atoms in total. The first-order chi connectivity index (χ1) is 11.1. The number of piperazine rings is 1. The van der Waals surface area contributed by atoms with Gasteiger partial charge in [-0.3, -0.25) is 5.32 Å². The van der Waals surface area contributed by atoms with Crippen LogP contribution in [0.1, 0.15) is 17.3 Å². The topological polar surface area (TPSA) is 48.5 Å². The SMILES string of the molecule is Cc1cccc(NC(=O)N2CCN(C)C[C@@H]2c2ccccc2)n1. The van der Waals surface area contributed by atoms with Gasteiger partial charge in [-0.25, -0.2) is 9.78 Å². The molecule has 3 rings (SSSR count). The standard InChI is InChI=1S/C18H22N4O/c1-14-7-6-10-17(19-14)20-18(23)22-12-11-21(2)13-16(22)15-8-4-3-5-9-15/h3-10,16H,11-13H2,1-2H3,(H,19,20,23)/t16-/m1/s1. The first kappa shape index (κ1) is 15.5. The molecule has 0 unspecified atom stereocenters. The number of pyridine rings is 1. The zero-order valence-corrected chi connectivity index (χ0v) is 13.6. The second-order valence-corrected chi connectivity index (χ2v) is 5.98. The number of nitrogens with zero attached hydrogens (tertiary/aromatic N) is 3. The molecule has 1 aliphatic heterocycles. The molecule has 2 amide bonds. The second-order valence-electron chi connectivity index (χ2n) is 5.98. The third-order valence-electron chi connectivity index (χ3n) is 4.15. The van der Waals surface area contributed by atoms with Crippen molar-refractivity contribution in [3.63, 3.8) is 0 Å². The van der Waals surface area contributed by atoms with Gasteiger partial charge in [0.25, 0.3) is 0 Å². The molecule has 1 fully saturated rings. The summed E-state index contributed by atoms with van der Waals surface area (Å²) < 4.78 is 0. The van der Waals surface area contributed by atoms with Crippen LogP contribution in [0.3, 0.4) is 0 Å². The lowest BCUT2D eigenvalue weighted by Crippen LogP contribution is -2.50. The van der Waals surface area contributed by atoms with Crippen molar-refractivity contribution in [2.75, 3.05) is 32.0 Å². The molecule has 2 aromatic rings. The fourth-order valence-corrected chi connectivity index (χ4v) is 2.92. The van der Waals surface area contributed by atoms with Crippen LogP contribution in [-0.2, 0) is 0 Å². The summed E-state index contributed by atoms with van der Waals surface area (Å²) in [5.41, 5.74) is 2.05. The summed E-state index contributed by atoms with van der Waals surface area (Å²) in [7, 11) is 2.09. The van der Waals surface area contributed by atoms with Gasteiger partial charge >= 0.3 is 6.03 Å². The number of aromatic nitrogens is 1. The van der Waals surface area contributed by atoms with E-state index in [2.05, 4.69) is 34.4 Å². The fourth-order valence-electron chi connectivity index (χ4n) is 2.92. The Morgan fingerprint density at radius 2 is 1.91 bits per heavy atom. The van der Waals surface area contributed by atoms with Crippen LogP contribution >= 0.6 is 0 Å². The maximum atomic E-state index is 12.7. The number of rotatable bonds is 2. The summed E-state index contributed by atoms with van der Waals surface area (Å²) in [5, 5.41) is 2.92. The van der Waals surface area contributed by atoms with Crippen LogP contribution in [0.5, 0.6) is 0 Å². The Hall–Kier alpha value is -2.40. The number of benzene rings is 1. The number of urea groups is 1. The molecular weight excluding hydrogens is 288 g/mol. The highest BCUT2D eigenvalue weighted by Gasteiger charge is 2.30. The van der Waals surface area contributed by atoms with E-state index in [1.807, 2.05) is 48.2 Å². The van der Waals surface area contributed by atoms with E-state index in [1.54, 1.807) is 0 Å². The number of hydrogen-bond donors (Lipinski definition) is 1. The van der Waals surface area contributed by atoms with Gasteiger partial charge in [0.1, 0.15) is 5.82 Å². The van der Waals surface area contributed by atoms with Crippen LogP contribution in [0.2, 0.25) is 0 Å². The zero-order chi connectivity index (χ0) is 16.2. The lowest BCUT2D eigenvalue weighted by Gasteiger charge is -2.40. The largest absolute Gasteiger partial charge is 0.323 e. The molecule has 5 heteroatoms. The minimum Gasteiger partial charge on any atom is -0.315 e. The molecule has 1 saturated heterocycles. The molecule has 0 radical (unpaired) electrons. The van der Waals surface area contributed by atoms with Gasteiger partial charge in [0.2, 0.25) is 0 Å². The molecule has 1 aromatic heterocycles. The lowest BCUT2D eigenvalue weighted by atomic mass is 10.0. The summed E-state index contributed by atoms with van der Waals surface area (Å²) in [6.07, 6.45) is 0. The highest BCUT2D eigenvalue weighted by atomic mass is 16.2. The first-order valence-electron chi connectivity index (χ1n) is 7.88. The van der Waals surface area contributed by atoms with Gasteiger partial charge in [-0.1, -0.05) is 36.4 Å². The van der Waals surface area contributed by atoms with Crippen LogP contribution < -0.4 is 5.32 Å². The number of aryl methyl sites for hydroxylation is 1. The maximum Gasteiger partial charge on any atom is 0.323 e. The number of carbonyl (C=O) groups is 1. The predicted molar refractivity (Wildman–Crippen MR) is 91.4 cm³/mol. The Kier molecular flexibility index (Phi) is 4.57. The van der Waals surface area contributed by atoms with Crippen LogP contribution in [0.25, 0.3) is 0 Å². The van der Waals surface area contributed by atoms with Crippen molar-refractivity contribution in [1.82, 2.24) is 14.8 Å². The number of likely N-dealkylation sites (N-methyl/N-ethyl adjacent to an activating group) is 1. The molecule has 0 saturated carbocycles. The first-order valence-corrected chi connectivity index (χ1v) is 7.88. The van der Waals surface area contributed by atoms with Gasteiger partial charge < -0.3 is 9.80 Å². The van der Waals surface area contributed by atoms with E-state index < -0.39 is 0 Å². The number of nitrogens with one attached hydrogen (secondary N) is 1. The molecule has 1 aliphatic rings. The Morgan fingerprint density at radius 3 is 2.65 bits per heavy atom. The van der Waals surface area contributed by atoms with Gasteiger partial charge in [0.05, 0.1) is 6.04 Å². The van der Waals surface area contributed by atoms with Crippen molar-refractivity contribution >= 4 is 11.8 Å². The van der Waals surface area contributed by atoms with Gasteiger partial charge in [0.15, 0.2) is 0 Å². The maximum absolute atomic E-state index is 12.7. The lowest BCUT2D eigenvalue weighted by molar-refractivity contribution is 0.116. The van der Waals surface area contributed by atoms with Gasteiger partial charge in [0, 0.05) is 25.3 Å². The minimum atomic E-state index is -0.0925. The average molecular weight is 310 g/mol. The molecule has 2 heterocycles. The van der Waals surface area contributed by atoms with Crippen molar-refractivity contribution in [3.8, 4) is 0 Å². The Morgan fingerprint density at radius 1 is 1.13 bits per heavy atom. The fraction of sp³-hybridized carbons (Fsp3) is 0.333. The van der Waals surface area contributed by atoms with Crippen LogP contribution in [0.4, 0.5) is 10.6 Å². The highest BCUT2D eigenvalue weighted by Crippen LogP contribution is 2.25. The van der Waals surface area contributed by atoms with Gasteiger partial charge in [-0.15, -0.1) is 0 Å². The smallest absolute Gasteiger partial charge is 0.315 e. The van der Waals surface area contributed by atoms with E-state index in [1.165, 1.54) is 0 Å². The Labute approximate surface area is 136 Å². The molecule has 0 aliphatic carbocycles. The Balaban J connectivity index is 1.79. The van der Waals surface area contributed by atoms with Crippen molar-refractivity contribution in [2.24, 2.45) is 0 Å². The number of amides is 2. The van der Waals surface area contributed by atoms with E-state index in [0.29, 0.717) is 12.4 Å². The summed E-state index contributed by atoms with van der Waals surface area (Å²) in [6.45, 7) is 4.32. The van der Waals surface area contributed by atoms with Gasteiger partial charge in [-0.2, -0.15) is 0 Å². The van der Waals surface area contributed by atoms with E-state index in [0.717, 1.165) is 24.3 Å². The summed E-state index contributed by atoms with van der Waals surface area (Å²) >= 11 is 0. The third kappa shape index (κ3) is 3.68. The third-order valence-corrected chi connectivity index (χ3v) is 4.15. The quantitative estimate of drug-likeness (QED) is 0.928. The summed E-state index contributed by atoms with van der Waals surface area (Å²) in [5.74, 6) is 0.598. The minimum absolute atomic E-state index is 0.0553. The van der Waals surface area contributed by atoms with E-state index in [9.17, 15) is 4.79 Å². The summed E-state index contributed by atoms with van der Waals surface area (Å²) in [6, 6.07) is 15.8. The normalized spacial score (nSPS) is 18.7. The second kappa shape index (κ2) is 6.79. The zero-order valence-electron chi connectivity index (χ0n) is 13.6. The Bertz CT molecular complexity index is 674. The number of carbonyl (C=O) groups excluding carboxylic acids is 1. The van der Waals surface area contributed by atoms with Crippen LogP contribution in [-0.4, -0.2) is 47.5 Å². The number of hydrogen-bond acceptors (Lipinski definition) is 3. The van der Waals surface area contributed by atoms with Crippen LogP contribution in [0.15, 0.2) is 48.5 Å². The molecular formula is C18H22N4O. The van der Waals surface area contributed by atoms with Crippen molar-refractivity contribution in [2.45, 2.75) is 13.0 Å². The molecule has 1 atom stereocenters. The van der Waals surface area contributed by atoms with E-state index >= 15 is 0 Å². The monoisotopic (exact) mass is 310 g/mol. The average Bonchev–Trinajstić information content (AvgIpc) is 2.55. The van der Waals surface area contributed by atoms with Crippen molar-refractivity contribution < 1.29 is 4.79 Å². The molecule has 23 heavy (non-hydrogen) atoms. The molecule has 1 N–H and O–H groups in total. The number of anilines is 1. The molecule has 1 aromatic carbocycles. The van der Waals surface area contributed by atoms with E-state index in [4.69, 9.17) is 0 Å². The highest BCUT2D eigenvalue weighted by molar-refractivity contribution is 5.88. The molecule has 0 spiro atoms. The van der Waals surface area contributed by atoms with Gasteiger partial charge in [-0.05, 0) is 31.7 Å². The van der Waals surface area contributed by atoms with E-state index in [-0.39, 0.29) is 12.1 Å². The summed E-state index contributed by atoms with van der Waals surface area (Å²) in [4.78, 5) is 21.2. The molecule has 0 bridgehead atoms. The van der Waals surface area contributed by atoms with Crippen molar-refractivity contribution in [3.05, 3.63) is 59.8 Å². The molecule has 120 valence electrons. The predicted octanol–water partition coefficient (Wildman–Crippen LogP) is 2.91. The van der Waals surface area contributed by atoms with Crippen molar-refractivity contribution in [1.29, 1.82) is 0 Å². The van der Waals surface area contributed by atoms with Crippen LogP contribution in [0, 0.1) is 6.92 Å².